The first-order chi connectivity index (χ1) is 31.0. The molecule has 2 N–H and O–H groups in total. The molecular formula is C55H111N2O6P. The lowest BCUT2D eigenvalue weighted by Crippen LogP contribution is -2.45. The SMILES string of the molecule is CCCCCCCCCCCCCCCCCCCCC/C=C/C(O)C(COP(=O)([O-])OCC[N+](C)(C)C)NC(=O)CCCCCCCCCCCCCCCCCCCCCCC. The summed E-state index contributed by atoms with van der Waals surface area (Å²) in [6.45, 7) is 4.70. The third kappa shape index (κ3) is 49.2. The van der Waals surface area contributed by atoms with E-state index in [1.165, 1.54) is 225 Å². The van der Waals surface area contributed by atoms with Gasteiger partial charge in [0.25, 0.3) is 7.82 Å². The number of phosphoric ester groups is 1. The Kier molecular flexibility index (Phi) is 46.8. The molecule has 0 heterocycles. The standard InChI is InChI=1S/C55H111N2O6P/c1-6-8-10-12-14-16-18-20-22-24-26-28-30-32-34-36-38-40-42-44-46-48-54(58)53(52-63-64(60,61)62-51-50-57(3,4)5)56-55(59)49-47-45-43-41-39-37-35-33-31-29-27-25-23-21-19-17-15-13-11-9-7-2/h46,48,53-54,58H,6-45,47,49-52H2,1-5H3,(H-,56,59,60,61)/b48-46+. The lowest BCUT2D eigenvalue weighted by molar-refractivity contribution is -0.870. The number of hydrogen-bond acceptors (Lipinski definition) is 6. The maximum absolute atomic E-state index is 12.9. The van der Waals surface area contributed by atoms with Crippen LogP contribution in [0.1, 0.15) is 284 Å². The second-order valence-electron chi connectivity index (χ2n) is 20.7. The van der Waals surface area contributed by atoms with Crippen LogP contribution in [0.25, 0.3) is 0 Å². The molecule has 0 aromatic heterocycles. The molecule has 0 aliphatic heterocycles. The summed E-state index contributed by atoms with van der Waals surface area (Å²) in [6.07, 6.45) is 57.0. The first-order valence-electron chi connectivity index (χ1n) is 28.1. The Hall–Kier alpha value is -0.760. The number of allylic oxidation sites excluding steroid dienone is 1. The first-order valence-corrected chi connectivity index (χ1v) is 29.5. The molecule has 0 spiro atoms. The van der Waals surface area contributed by atoms with Crippen molar-refractivity contribution in [1.82, 2.24) is 5.32 Å². The Morgan fingerprint density at radius 2 is 0.844 bits per heavy atom. The fourth-order valence-corrected chi connectivity index (χ4v) is 9.29. The Labute approximate surface area is 399 Å². The van der Waals surface area contributed by atoms with Gasteiger partial charge in [0.05, 0.1) is 39.9 Å². The minimum Gasteiger partial charge on any atom is -0.756 e. The van der Waals surface area contributed by atoms with E-state index in [2.05, 4.69) is 19.2 Å². The van der Waals surface area contributed by atoms with E-state index in [1.807, 2.05) is 27.2 Å². The number of carbonyl (C=O) groups is 1. The predicted molar refractivity (Wildman–Crippen MR) is 275 cm³/mol. The van der Waals surface area contributed by atoms with Crippen molar-refractivity contribution in [3.05, 3.63) is 12.2 Å². The lowest BCUT2D eigenvalue weighted by Gasteiger charge is -2.29. The van der Waals surface area contributed by atoms with Crippen LogP contribution in [0.4, 0.5) is 0 Å². The number of unbranched alkanes of at least 4 members (excludes halogenated alkanes) is 39. The minimum atomic E-state index is -4.59. The van der Waals surface area contributed by atoms with E-state index in [0.29, 0.717) is 17.4 Å². The zero-order valence-corrected chi connectivity index (χ0v) is 44.4. The number of aliphatic hydroxyl groups excluding tert-OH is 1. The van der Waals surface area contributed by atoms with E-state index < -0.39 is 20.0 Å². The van der Waals surface area contributed by atoms with Gasteiger partial charge in [0.1, 0.15) is 13.2 Å². The van der Waals surface area contributed by atoms with Crippen LogP contribution in [-0.4, -0.2) is 68.5 Å². The molecule has 3 unspecified atom stereocenters. The molecule has 0 bridgehead atoms. The smallest absolute Gasteiger partial charge is 0.268 e. The van der Waals surface area contributed by atoms with E-state index >= 15 is 0 Å². The van der Waals surface area contributed by atoms with E-state index in [-0.39, 0.29) is 19.1 Å². The van der Waals surface area contributed by atoms with Crippen LogP contribution < -0.4 is 10.2 Å². The lowest BCUT2D eigenvalue weighted by atomic mass is 10.0. The first kappa shape index (κ1) is 63.2. The molecular weight excluding hydrogens is 816 g/mol. The highest BCUT2D eigenvalue weighted by Crippen LogP contribution is 2.38. The van der Waals surface area contributed by atoms with E-state index in [9.17, 15) is 19.4 Å². The Balaban J connectivity index is 4.21. The molecule has 0 aliphatic carbocycles. The molecule has 0 saturated carbocycles. The van der Waals surface area contributed by atoms with Gasteiger partial charge in [0.15, 0.2) is 0 Å². The van der Waals surface area contributed by atoms with Crippen LogP contribution in [0.2, 0.25) is 0 Å². The van der Waals surface area contributed by atoms with E-state index in [1.54, 1.807) is 6.08 Å². The van der Waals surface area contributed by atoms with Gasteiger partial charge < -0.3 is 28.8 Å². The molecule has 382 valence electrons. The fraction of sp³-hybridized carbons (Fsp3) is 0.945. The van der Waals surface area contributed by atoms with Crippen LogP contribution in [0.5, 0.6) is 0 Å². The van der Waals surface area contributed by atoms with Crippen molar-refractivity contribution in [3.8, 4) is 0 Å². The summed E-state index contributed by atoms with van der Waals surface area (Å²) in [4.78, 5) is 25.5. The van der Waals surface area contributed by atoms with E-state index in [4.69, 9.17) is 9.05 Å². The van der Waals surface area contributed by atoms with Crippen molar-refractivity contribution in [2.45, 2.75) is 296 Å². The largest absolute Gasteiger partial charge is 0.756 e. The number of nitrogens with one attached hydrogen (secondary N) is 1. The van der Waals surface area contributed by atoms with Gasteiger partial charge in [-0.05, 0) is 19.3 Å². The van der Waals surface area contributed by atoms with Gasteiger partial charge in [-0.2, -0.15) is 0 Å². The quantitative estimate of drug-likeness (QED) is 0.0272. The van der Waals surface area contributed by atoms with Crippen molar-refractivity contribution >= 4 is 13.7 Å². The van der Waals surface area contributed by atoms with Crippen molar-refractivity contribution in [3.63, 3.8) is 0 Å². The average Bonchev–Trinajstić information content (AvgIpc) is 3.25. The normalized spacial score (nSPS) is 14.0. The molecule has 0 rings (SSSR count). The van der Waals surface area contributed by atoms with Gasteiger partial charge in [0.2, 0.25) is 5.91 Å². The number of amides is 1. The summed E-state index contributed by atoms with van der Waals surface area (Å²) in [6, 6.07) is -0.881. The Morgan fingerprint density at radius 3 is 1.17 bits per heavy atom. The molecule has 3 atom stereocenters. The van der Waals surface area contributed by atoms with Gasteiger partial charge in [-0.1, -0.05) is 270 Å². The number of phosphoric acid groups is 1. The molecule has 9 heteroatoms. The monoisotopic (exact) mass is 927 g/mol. The summed E-state index contributed by atoms with van der Waals surface area (Å²) in [5.41, 5.74) is 0. The number of quaternary nitrogens is 1. The molecule has 64 heavy (non-hydrogen) atoms. The zero-order chi connectivity index (χ0) is 47.1. The molecule has 1 amide bonds. The van der Waals surface area contributed by atoms with Gasteiger partial charge in [-0.15, -0.1) is 0 Å². The summed E-state index contributed by atoms with van der Waals surface area (Å²) in [7, 11) is 1.28. The Bertz CT molecular complexity index is 1050. The van der Waals surface area contributed by atoms with Crippen molar-refractivity contribution in [2.24, 2.45) is 0 Å². The van der Waals surface area contributed by atoms with Gasteiger partial charge in [0, 0.05) is 6.42 Å². The zero-order valence-electron chi connectivity index (χ0n) is 43.5. The maximum atomic E-state index is 12.9. The molecule has 0 fully saturated rings. The average molecular weight is 927 g/mol. The summed E-state index contributed by atoms with van der Waals surface area (Å²) < 4.78 is 23.3. The second-order valence-corrected chi connectivity index (χ2v) is 22.1. The topological polar surface area (TPSA) is 108 Å². The third-order valence-corrected chi connectivity index (χ3v) is 14.0. The summed E-state index contributed by atoms with van der Waals surface area (Å²) in [5, 5.41) is 13.9. The third-order valence-electron chi connectivity index (χ3n) is 13.0. The number of carbonyl (C=O) groups excluding carboxylic acids is 1. The highest BCUT2D eigenvalue weighted by molar-refractivity contribution is 7.45. The second kappa shape index (κ2) is 47.3. The predicted octanol–water partition coefficient (Wildman–Crippen LogP) is 16.0. The molecule has 0 aromatic carbocycles. The van der Waals surface area contributed by atoms with Crippen molar-refractivity contribution in [2.75, 3.05) is 40.9 Å². The number of rotatable bonds is 52. The number of hydrogen-bond donors (Lipinski definition) is 2. The highest BCUT2D eigenvalue weighted by Gasteiger charge is 2.23. The van der Waals surface area contributed by atoms with Crippen LogP contribution in [0, 0.1) is 0 Å². The van der Waals surface area contributed by atoms with Gasteiger partial charge in [-0.3, -0.25) is 9.36 Å². The van der Waals surface area contributed by atoms with Gasteiger partial charge >= 0.3 is 0 Å². The van der Waals surface area contributed by atoms with Crippen LogP contribution in [-0.2, 0) is 18.4 Å². The molecule has 0 saturated heterocycles. The van der Waals surface area contributed by atoms with E-state index in [0.717, 1.165) is 38.5 Å². The maximum Gasteiger partial charge on any atom is 0.268 e. The summed E-state index contributed by atoms with van der Waals surface area (Å²) >= 11 is 0. The van der Waals surface area contributed by atoms with Crippen LogP contribution in [0.15, 0.2) is 12.2 Å². The van der Waals surface area contributed by atoms with Crippen LogP contribution in [0.3, 0.4) is 0 Å². The molecule has 0 aliphatic rings. The fourth-order valence-electron chi connectivity index (χ4n) is 8.57. The Morgan fingerprint density at radius 1 is 0.531 bits per heavy atom. The van der Waals surface area contributed by atoms with Crippen molar-refractivity contribution in [1.29, 1.82) is 0 Å². The number of likely N-dealkylation sites (N-methyl/N-ethyl adjacent to an activating group) is 1. The minimum absolute atomic E-state index is 0.00265. The molecule has 8 nitrogen and oxygen atoms in total. The molecule has 0 aromatic rings. The molecule has 0 radical (unpaired) electrons. The number of nitrogens with zero attached hydrogens (tertiary/aromatic N) is 1. The highest BCUT2D eigenvalue weighted by atomic mass is 31.2. The number of aliphatic hydroxyl groups is 1. The summed E-state index contributed by atoms with van der Waals surface area (Å²) in [5.74, 6) is -0.190. The van der Waals surface area contributed by atoms with Crippen LogP contribution >= 0.6 is 7.82 Å². The van der Waals surface area contributed by atoms with Crippen molar-refractivity contribution < 1.29 is 32.9 Å². The van der Waals surface area contributed by atoms with Gasteiger partial charge in [-0.25, -0.2) is 0 Å².